The first-order chi connectivity index (χ1) is 9.10. The second-order valence-corrected chi connectivity index (χ2v) is 8.11. The van der Waals surface area contributed by atoms with Crippen molar-refractivity contribution in [1.29, 1.82) is 0 Å². The Morgan fingerprint density at radius 2 is 1.48 bits per heavy atom. The Morgan fingerprint density at radius 1 is 1.00 bits per heavy atom. The van der Waals surface area contributed by atoms with E-state index in [1.165, 1.54) is 18.4 Å². The van der Waals surface area contributed by atoms with Crippen molar-refractivity contribution in [3.05, 3.63) is 28.8 Å². The quantitative estimate of drug-likeness (QED) is 0.778. The summed E-state index contributed by atoms with van der Waals surface area (Å²) in [7, 11) is 0. The summed E-state index contributed by atoms with van der Waals surface area (Å²) < 4.78 is 0. The Kier molecular flexibility index (Phi) is 5.39. The molecule has 120 valence electrons. The van der Waals surface area contributed by atoms with Crippen LogP contribution in [0.1, 0.15) is 77.1 Å². The summed E-state index contributed by atoms with van der Waals surface area (Å²) in [5.74, 6) is 0.478. The number of nitrogens with one attached hydrogen (secondary N) is 1. The van der Waals surface area contributed by atoms with Gasteiger partial charge in [0, 0.05) is 6.04 Å². The second kappa shape index (κ2) is 6.18. The van der Waals surface area contributed by atoms with Crippen molar-refractivity contribution in [3.8, 4) is 5.75 Å². The van der Waals surface area contributed by atoms with E-state index >= 15 is 0 Å². The van der Waals surface area contributed by atoms with E-state index in [0.29, 0.717) is 11.8 Å². The Hall–Kier alpha value is -0.730. The van der Waals surface area contributed by atoms with Crippen molar-refractivity contribution in [1.82, 2.24) is 5.32 Å². The third-order valence-corrected chi connectivity index (χ3v) is 4.21. The zero-order valence-electron chi connectivity index (χ0n) is 14.2. The van der Waals surface area contributed by atoms with Crippen LogP contribution >= 0.6 is 12.4 Å². The number of aromatic hydroxyl groups is 1. The monoisotopic (exact) mass is 311 g/mol. The van der Waals surface area contributed by atoms with Gasteiger partial charge in [-0.1, -0.05) is 41.5 Å². The summed E-state index contributed by atoms with van der Waals surface area (Å²) in [5, 5.41) is 14.3. The van der Waals surface area contributed by atoms with Crippen molar-refractivity contribution in [2.75, 3.05) is 6.54 Å². The third-order valence-electron chi connectivity index (χ3n) is 4.21. The molecule has 0 aliphatic carbocycles. The highest BCUT2D eigenvalue weighted by molar-refractivity contribution is 5.85. The fourth-order valence-electron chi connectivity index (χ4n) is 2.97. The molecule has 0 amide bonds. The SMILES string of the molecule is CC(C)(C)c1cc([C@@H]2CCCN2)cc(C(C)(C)C)c1O.Cl. The first-order valence-electron chi connectivity index (χ1n) is 7.72. The molecule has 1 aliphatic heterocycles. The molecular formula is C18H30ClNO. The van der Waals surface area contributed by atoms with Crippen molar-refractivity contribution in [3.63, 3.8) is 0 Å². The molecule has 1 aromatic carbocycles. The first kappa shape index (κ1) is 18.3. The van der Waals surface area contributed by atoms with E-state index in [1.807, 2.05) is 0 Å². The third kappa shape index (κ3) is 3.92. The maximum Gasteiger partial charge on any atom is 0.123 e. The number of hydrogen-bond donors (Lipinski definition) is 2. The molecule has 0 spiro atoms. The van der Waals surface area contributed by atoms with Crippen LogP contribution in [0.5, 0.6) is 5.75 Å². The molecule has 1 fully saturated rings. The molecule has 1 saturated heterocycles. The molecule has 0 unspecified atom stereocenters. The van der Waals surface area contributed by atoms with Crippen LogP contribution in [0.3, 0.4) is 0 Å². The van der Waals surface area contributed by atoms with E-state index < -0.39 is 0 Å². The Labute approximate surface area is 135 Å². The summed E-state index contributed by atoms with van der Waals surface area (Å²) in [6.45, 7) is 14.1. The summed E-state index contributed by atoms with van der Waals surface area (Å²) >= 11 is 0. The van der Waals surface area contributed by atoms with E-state index in [4.69, 9.17) is 0 Å². The van der Waals surface area contributed by atoms with E-state index in [0.717, 1.165) is 17.7 Å². The topological polar surface area (TPSA) is 32.3 Å². The molecule has 2 N–H and O–H groups in total. The van der Waals surface area contributed by atoms with Crippen LogP contribution in [-0.2, 0) is 10.8 Å². The van der Waals surface area contributed by atoms with Crippen LogP contribution in [0.4, 0.5) is 0 Å². The van der Waals surface area contributed by atoms with Gasteiger partial charge >= 0.3 is 0 Å². The van der Waals surface area contributed by atoms with Gasteiger partial charge in [0.15, 0.2) is 0 Å². The van der Waals surface area contributed by atoms with E-state index in [2.05, 4.69) is 59.0 Å². The molecule has 0 saturated carbocycles. The second-order valence-electron chi connectivity index (χ2n) is 8.11. The van der Waals surface area contributed by atoms with Gasteiger partial charge in [-0.2, -0.15) is 0 Å². The standard InChI is InChI=1S/C18H29NO.ClH/c1-17(2,3)13-10-12(15-8-7-9-19-15)11-14(16(13)20)18(4,5)6;/h10-11,15,19-20H,7-9H2,1-6H3;1H/t15-;/m0./s1. The number of rotatable bonds is 1. The molecule has 21 heavy (non-hydrogen) atoms. The molecule has 2 rings (SSSR count). The van der Waals surface area contributed by atoms with Crippen LogP contribution < -0.4 is 5.32 Å². The predicted octanol–water partition coefficient (Wildman–Crippen LogP) is 4.83. The summed E-state index contributed by atoms with van der Waals surface area (Å²) in [6.07, 6.45) is 2.43. The zero-order valence-corrected chi connectivity index (χ0v) is 15.0. The predicted molar refractivity (Wildman–Crippen MR) is 92.7 cm³/mol. The van der Waals surface area contributed by atoms with Crippen molar-refractivity contribution in [2.24, 2.45) is 0 Å². The fraction of sp³-hybridized carbons (Fsp3) is 0.667. The molecular weight excluding hydrogens is 282 g/mol. The molecule has 1 aromatic rings. The van der Waals surface area contributed by atoms with Gasteiger partial charge in [-0.25, -0.2) is 0 Å². The minimum atomic E-state index is -0.0430. The molecule has 0 aromatic heterocycles. The fourth-order valence-corrected chi connectivity index (χ4v) is 2.97. The number of benzene rings is 1. The van der Waals surface area contributed by atoms with Crippen LogP contribution in [0.2, 0.25) is 0 Å². The number of halogens is 1. The lowest BCUT2D eigenvalue weighted by atomic mass is 9.77. The van der Waals surface area contributed by atoms with Gasteiger partial charge < -0.3 is 10.4 Å². The van der Waals surface area contributed by atoms with E-state index in [-0.39, 0.29) is 23.2 Å². The first-order valence-corrected chi connectivity index (χ1v) is 7.72. The van der Waals surface area contributed by atoms with Gasteiger partial charge in [-0.3, -0.25) is 0 Å². The minimum absolute atomic E-state index is 0. The lowest BCUT2D eigenvalue weighted by molar-refractivity contribution is 0.421. The van der Waals surface area contributed by atoms with Gasteiger partial charge in [0.2, 0.25) is 0 Å². The Bertz CT molecular complexity index is 456. The van der Waals surface area contributed by atoms with Crippen LogP contribution in [0, 0.1) is 0 Å². The molecule has 1 heterocycles. The molecule has 2 nitrogen and oxygen atoms in total. The van der Waals surface area contributed by atoms with Crippen molar-refractivity contribution in [2.45, 2.75) is 71.3 Å². The average Bonchev–Trinajstić information content (AvgIpc) is 2.79. The maximum absolute atomic E-state index is 10.7. The summed E-state index contributed by atoms with van der Waals surface area (Å²) in [5.41, 5.74) is 3.37. The lowest BCUT2D eigenvalue weighted by Gasteiger charge is -2.29. The largest absolute Gasteiger partial charge is 0.507 e. The van der Waals surface area contributed by atoms with Gasteiger partial charge in [-0.15, -0.1) is 12.4 Å². The Morgan fingerprint density at radius 3 is 1.81 bits per heavy atom. The van der Waals surface area contributed by atoms with E-state index in [9.17, 15) is 5.11 Å². The van der Waals surface area contributed by atoms with Gasteiger partial charge in [0.1, 0.15) is 5.75 Å². The molecule has 1 aliphatic rings. The van der Waals surface area contributed by atoms with E-state index in [1.54, 1.807) is 0 Å². The van der Waals surface area contributed by atoms with Gasteiger partial charge in [0.25, 0.3) is 0 Å². The lowest BCUT2D eigenvalue weighted by Crippen LogP contribution is -2.20. The minimum Gasteiger partial charge on any atom is -0.507 e. The van der Waals surface area contributed by atoms with Crippen LogP contribution in [-0.4, -0.2) is 11.7 Å². The molecule has 0 radical (unpaired) electrons. The summed E-state index contributed by atoms with van der Waals surface area (Å²) in [4.78, 5) is 0. The highest BCUT2D eigenvalue weighted by atomic mass is 35.5. The summed E-state index contributed by atoms with van der Waals surface area (Å²) in [6, 6.07) is 4.85. The zero-order chi connectivity index (χ0) is 15.1. The van der Waals surface area contributed by atoms with Crippen molar-refractivity contribution >= 4 is 12.4 Å². The van der Waals surface area contributed by atoms with Crippen LogP contribution in [0.15, 0.2) is 12.1 Å². The van der Waals surface area contributed by atoms with Crippen LogP contribution in [0.25, 0.3) is 0 Å². The molecule has 3 heteroatoms. The molecule has 0 bridgehead atoms. The Balaban J connectivity index is 0.00000220. The number of phenols is 1. The highest BCUT2D eigenvalue weighted by Crippen LogP contribution is 2.41. The molecule has 1 atom stereocenters. The maximum atomic E-state index is 10.7. The number of phenolic OH excluding ortho intramolecular Hbond substituents is 1. The highest BCUT2D eigenvalue weighted by Gasteiger charge is 2.28. The normalized spacial score (nSPS) is 19.4. The number of hydrogen-bond acceptors (Lipinski definition) is 2. The average molecular weight is 312 g/mol. The van der Waals surface area contributed by atoms with Gasteiger partial charge in [0.05, 0.1) is 0 Å². The smallest absolute Gasteiger partial charge is 0.123 e. The van der Waals surface area contributed by atoms with Crippen molar-refractivity contribution < 1.29 is 5.11 Å². The van der Waals surface area contributed by atoms with Gasteiger partial charge in [-0.05, 0) is 59.0 Å².